The van der Waals surface area contributed by atoms with E-state index in [1.165, 1.54) is 0 Å². The Kier molecular flexibility index (Phi) is 4.84. The van der Waals surface area contributed by atoms with Crippen molar-refractivity contribution in [2.24, 2.45) is 0 Å². The first kappa shape index (κ1) is 15.5. The van der Waals surface area contributed by atoms with Crippen molar-refractivity contribution in [2.75, 3.05) is 12.3 Å². The average molecular weight is 424 g/mol. The third-order valence-electron chi connectivity index (χ3n) is 2.51. The van der Waals surface area contributed by atoms with E-state index in [-0.39, 0.29) is 17.1 Å². The maximum atomic E-state index is 12.2. The molecule has 2 rings (SSSR count). The van der Waals surface area contributed by atoms with E-state index in [1.54, 1.807) is 24.5 Å². The molecule has 9 heteroatoms. The van der Waals surface area contributed by atoms with Crippen LogP contribution in [-0.4, -0.2) is 24.9 Å². The molecule has 1 heterocycles. The van der Waals surface area contributed by atoms with Gasteiger partial charge in [-0.1, -0.05) is 15.9 Å². The van der Waals surface area contributed by atoms with Gasteiger partial charge < -0.3 is 10.7 Å². The summed E-state index contributed by atoms with van der Waals surface area (Å²) >= 11 is 6.47. The number of nitrogens with two attached hydrogens (primary N) is 1. The van der Waals surface area contributed by atoms with Gasteiger partial charge in [-0.2, -0.15) is 0 Å². The van der Waals surface area contributed by atoms with Crippen molar-refractivity contribution in [1.82, 2.24) is 14.7 Å². The molecular weight excluding hydrogens is 412 g/mol. The lowest BCUT2D eigenvalue weighted by molar-refractivity contribution is 0.581. The van der Waals surface area contributed by atoms with E-state index in [4.69, 9.17) is 5.73 Å². The minimum absolute atomic E-state index is 0.0418. The summed E-state index contributed by atoms with van der Waals surface area (Å²) in [6.07, 6.45) is 3.78. The minimum atomic E-state index is -3.68. The SMILES string of the molecule is Nc1cc(Br)cc(Br)c1S(=O)(=O)NCCc1ncc[nH]1. The number of aromatic nitrogens is 2. The highest BCUT2D eigenvalue weighted by atomic mass is 79.9. The number of benzene rings is 1. The zero-order chi connectivity index (χ0) is 14.8. The Bertz CT molecular complexity index is 678. The highest BCUT2D eigenvalue weighted by Crippen LogP contribution is 2.31. The van der Waals surface area contributed by atoms with E-state index in [0.29, 0.717) is 15.4 Å². The van der Waals surface area contributed by atoms with Crippen LogP contribution in [0.25, 0.3) is 0 Å². The normalized spacial score (nSPS) is 11.7. The molecule has 0 aliphatic carbocycles. The molecule has 1 aromatic carbocycles. The number of nitrogen functional groups attached to an aromatic ring is 1. The first-order valence-electron chi connectivity index (χ1n) is 5.62. The fourth-order valence-electron chi connectivity index (χ4n) is 1.67. The second kappa shape index (κ2) is 6.25. The van der Waals surface area contributed by atoms with E-state index in [0.717, 1.165) is 5.82 Å². The average Bonchev–Trinajstić information content (AvgIpc) is 2.79. The van der Waals surface area contributed by atoms with Crippen molar-refractivity contribution >= 4 is 47.6 Å². The molecule has 1 aromatic heterocycles. The monoisotopic (exact) mass is 422 g/mol. The molecule has 6 nitrogen and oxygen atoms in total. The molecule has 0 unspecified atom stereocenters. The van der Waals surface area contributed by atoms with Crippen LogP contribution < -0.4 is 10.5 Å². The minimum Gasteiger partial charge on any atom is -0.398 e. The number of aromatic amines is 1. The molecule has 4 N–H and O–H groups in total. The fourth-order valence-corrected chi connectivity index (χ4v) is 4.77. The summed E-state index contributed by atoms with van der Waals surface area (Å²) in [6.45, 7) is 0.234. The van der Waals surface area contributed by atoms with Gasteiger partial charge in [0.1, 0.15) is 10.7 Å². The van der Waals surface area contributed by atoms with Crippen LogP contribution in [0.2, 0.25) is 0 Å². The van der Waals surface area contributed by atoms with Crippen LogP contribution in [0.4, 0.5) is 5.69 Å². The largest absolute Gasteiger partial charge is 0.398 e. The lowest BCUT2D eigenvalue weighted by atomic mass is 10.3. The molecule has 0 aliphatic rings. The van der Waals surface area contributed by atoms with Gasteiger partial charge in [-0.3, -0.25) is 0 Å². The standard InChI is InChI=1S/C11H12Br2N4O2S/c12-7-5-8(13)11(9(14)6-7)20(18,19)17-2-1-10-15-3-4-16-10/h3-6,17H,1-2,14H2,(H,15,16). The molecule has 108 valence electrons. The molecule has 0 spiro atoms. The number of imidazole rings is 1. The Labute approximate surface area is 133 Å². The maximum absolute atomic E-state index is 12.2. The van der Waals surface area contributed by atoms with Crippen LogP contribution in [0.15, 0.2) is 38.4 Å². The first-order chi connectivity index (χ1) is 9.40. The van der Waals surface area contributed by atoms with Crippen LogP contribution in [-0.2, 0) is 16.4 Å². The highest BCUT2D eigenvalue weighted by molar-refractivity contribution is 9.11. The fraction of sp³-hybridized carbons (Fsp3) is 0.182. The number of hydrogen-bond acceptors (Lipinski definition) is 4. The Balaban J connectivity index is 2.14. The van der Waals surface area contributed by atoms with Gasteiger partial charge >= 0.3 is 0 Å². The third-order valence-corrected chi connectivity index (χ3v) is 5.44. The molecular formula is C11H12Br2N4O2S. The summed E-state index contributed by atoms with van der Waals surface area (Å²) in [5, 5.41) is 0. The van der Waals surface area contributed by atoms with E-state index in [9.17, 15) is 8.42 Å². The number of H-pyrrole nitrogens is 1. The number of halogens is 2. The molecule has 0 bridgehead atoms. The van der Waals surface area contributed by atoms with E-state index >= 15 is 0 Å². The number of nitrogens with zero attached hydrogens (tertiary/aromatic N) is 1. The summed E-state index contributed by atoms with van der Waals surface area (Å²) in [5.41, 5.74) is 5.95. The van der Waals surface area contributed by atoms with Crippen molar-refractivity contribution in [3.63, 3.8) is 0 Å². The Morgan fingerprint density at radius 3 is 2.70 bits per heavy atom. The summed E-state index contributed by atoms with van der Waals surface area (Å²) in [7, 11) is -3.68. The van der Waals surface area contributed by atoms with E-state index < -0.39 is 10.0 Å². The van der Waals surface area contributed by atoms with E-state index in [2.05, 4.69) is 46.5 Å². The molecule has 0 aliphatic heterocycles. The van der Waals surface area contributed by atoms with Gasteiger partial charge in [-0.25, -0.2) is 18.1 Å². The molecule has 0 saturated heterocycles. The van der Waals surface area contributed by atoms with Crippen LogP contribution in [0.1, 0.15) is 5.82 Å². The number of sulfonamides is 1. The van der Waals surface area contributed by atoms with E-state index in [1.807, 2.05) is 0 Å². The van der Waals surface area contributed by atoms with Gasteiger partial charge in [0.2, 0.25) is 10.0 Å². The van der Waals surface area contributed by atoms with Crippen molar-refractivity contribution in [3.05, 3.63) is 39.3 Å². The Hall–Kier alpha value is -0.900. The predicted molar refractivity (Wildman–Crippen MR) is 83.7 cm³/mol. The molecule has 2 aromatic rings. The number of rotatable bonds is 5. The van der Waals surface area contributed by atoms with Gasteiger partial charge in [-0.05, 0) is 28.1 Å². The second-order valence-corrected chi connectivity index (χ2v) is 7.46. The van der Waals surface area contributed by atoms with Crippen LogP contribution in [0.5, 0.6) is 0 Å². The smallest absolute Gasteiger partial charge is 0.243 e. The highest BCUT2D eigenvalue weighted by Gasteiger charge is 2.21. The van der Waals surface area contributed by atoms with Gasteiger partial charge in [0.15, 0.2) is 0 Å². The van der Waals surface area contributed by atoms with Gasteiger partial charge in [0.25, 0.3) is 0 Å². The van der Waals surface area contributed by atoms with Crippen molar-refractivity contribution in [3.8, 4) is 0 Å². The summed E-state index contributed by atoms with van der Waals surface area (Å²) in [5.74, 6) is 0.718. The van der Waals surface area contributed by atoms with Crippen LogP contribution in [0, 0.1) is 0 Å². The number of nitrogens with one attached hydrogen (secondary N) is 2. The Morgan fingerprint density at radius 1 is 1.35 bits per heavy atom. The predicted octanol–water partition coefficient (Wildman–Crippen LogP) is 2.04. The van der Waals surface area contributed by atoms with Gasteiger partial charge in [0.05, 0.1) is 5.69 Å². The van der Waals surface area contributed by atoms with Gasteiger partial charge in [-0.15, -0.1) is 0 Å². The summed E-state index contributed by atoms with van der Waals surface area (Å²) in [6, 6.07) is 3.18. The lowest BCUT2D eigenvalue weighted by Gasteiger charge is -2.11. The van der Waals surface area contributed by atoms with Crippen molar-refractivity contribution < 1.29 is 8.42 Å². The zero-order valence-corrected chi connectivity index (χ0v) is 14.2. The molecule has 20 heavy (non-hydrogen) atoms. The first-order valence-corrected chi connectivity index (χ1v) is 8.69. The molecule has 0 fully saturated rings. The summed E-state index contributed by atoms with van der Waals surface area (Å²) < 4.78 is 28.1. The van der Waals surface area contributed by atoms with Crippen molar-refractivity contribution in [1.29, 1.82) is 0 Å². The molecule has 0 atom stereocenters. The topological polar surface area (TPSA) is 101 Å². The van der Waals surface area contributed by atoms with Crippen LogP contribution >= 0.6 is 31.9 Å². The quantitative estimate of drug-likeness (QED) is 0.640. The summed E-state index contributed by atoms with van der Waals surface area (Å²) in [4.78, 5) is 6.97. The van der Waals surface area contributed by atoms with Crippen LogP contribution in [0.3, 0.4) is 0 Å². The van der Waals surface area contributed by atoms with Gasteiger partial charge in [0, 0.05) is 34.3 Å². The third kappa shape index (κ3) is 3.60. The number of hydrogen-bond donors (Lipinski definition) is 3. The lowest BCUT2D eigenvalue weighted by Crippen LogP contribution is -2.27. The molecule has 0 saturated carbocycles. The maximum Gasteiger partial charge on any atom is 0.243 e. The van der Waals surface area contributed by atoms with Crippen molar-refractivity contribution in [2.45, 2.75) is 11.3 Å². The Morgan fingerprint density at radius 2 is 2.10 bits per heavy atom. The molecule has 0 radical (unpaired) electrons. The zero-order valence-electron chi connectivity index (χ0n) is 10.2. The second-order valence-electron chi connectivity index (χ2n) is 3.99. The molecule has 0 amide bonds. The number of anilines is 1.